The number of quaternary nitrogens is 1. The Labute approximate surface area is 170 Å². The van der Waals surface area contributed by atoms with Gasteiger partial charge in [-0.2, -0.15) is 9.28 Å². The molecule has 7 nitrogen and oxygen atoms in total. The number of benzene rings is 2. The smallest absolute Gasteiger partial charge is 0.462 e. The van der Waals surface area contributed by atoms with Crippen molar-refractivity contribution in [1.82, 2.24) is 0 Å². The molecule has 1 amide bonds. The Morgan fingerprint density at radius 2 is 1.66 bits per heavy atom. The molecule has 7 heteroatoms. The Hall–Kier alpha value is -2.90. The summed E-state index contributed by atoms with van der Waals surface area (Å²) in [5, 5.41) is 10.7. The molecule has 1 unspecified atom stereocenters. The van der Waals surface area contributed by atoms with Crippen molar-refractivity contribution < 1.29 is 33.4 Å². The van der Waals surface area contributed by atoms with E-state index in [1.165, 1.54) is 0 Å². The van der Waals surface area contributed by atoms with Gasteiger partial charge in [0, 0.05) is 12.8 Å². The molecule has 2 aromatic rings. The lowest BCUT2D eigenvalue weighted by molar-refractivity contribution is -0.915. The fourth-order valence-corrected chi connectivity index (χ4v) is 3.35. The molecular formula is C22H26NO6+. The number of nitrogens with zero attached hydrogens (tertiary/aromatic N) is 1. The zero-order valence-electron chi connectivity index (χ0n) is 16.5. The van der Waals surface area contributed by atoms with Crippen LogP contribution in [0.3, 0.4) is 0 Å². The number of carbonyl (C=O) groups is 2. The Kier molecular flexibility index (Phi) is 6.85. The van der Waals surface area contributed by atoms with Crippen molar-refractivity contribution in [3.05, 3.63) is 65.7 Å². The van der Waals surface area contributed by atoms with Gasteiger partial charge in [0.25, 0.3) is 0 Å². The molecule has 0 aromatic heterocycles. The Morgan fingerprint density at radius 3 is 2.28 bits per heavy atom. The summed E-state index contributed by atoms with van der Waals surface area (Å²) in [6.07, 6.45) is -0.318. The topological polar surface area (TPSA) is 82.1 Å². The minimum absolute atomic E-state index is 0.140. The first-order chi connectivity index (χ1) is 14.0. The molecule has 1 aliphatic rings. The van der Waals surface area contributed by atoms with E-state index in [0.29, 0.717) is 31.0 Å². The molecular weight excluding hydrogens is 374 g/mol. The van der Waals surface area contributed by atoms with Crippen LogP contribution in [0, 0.1) is 0 Å². The lowest BCUT2D eigenvalue weighted by Gasteiger charge is -2.33. The number of aliphatic hydroxyl groups is 1. The van der Waals surface area contributed by atoms with Crippen molar-refractivity contribution in [2.75, 3.05) is 19.7 Å². The Morgan fingerprint density at radius 1 is 1.00 bits per heavy atom. The lowest BCUT2D eigenvalue weighted by Crippen LogP contribution is -2.59. The van der Waals surface area contributed by atoms with E-state index < -0.39 is 18.5 Å². The maximum Gasteiger partial charge on any atom is 0.521 e. The van der Waals surface area contributed by atoms with Crippen molar-refractivity contribution in [2.45, 2.75) is 32.8 Å². The number of rotatable bonds is 7. The second-order valence-corrected chi connectivity index (χ2v) is 6.92. The van der Waals surface area contributed by atoms with E-state index in [1.807, 2.05) is 30.3 Å². The number of carbonyl (C=O) groups excluding carboxylic acids is 2. The first-order valence-electron chi connectivity index (χ1n) is 9.75. The maximum atomic E-state index is 12.8. The summed E-state index contributed by atoms with van der Waals surface area (Å²) >= 11 is 0. The van der Waals surface area contributed by atoms with Crippen molar-refractivity contribution in [3.63, 3.8) is 0 Å². The molecule has 1 heterocycles. The van der Waals surface area contributed by atoms with Gasteiger partial charge in [-0.05, 0) is 36.8 Å². The zero-order valence-corrected chi connectivity index (χ0v) is 16.5. The minimum Gasteiger partial charge on any atom is -0.462 e. The van der Waals surface area contributed by atoms with Crippen LogP contribution in [0.15, 0.2) is 54.6 Å². The van der Waals surface area contributed by atoms with E-state index >= 15 is 0 Å². The number of ether oxygens (including phenoxy) is 3. The van der Waals surface area contributed by atoms with E-state index in [-0.39, 0.29) is 11.1 Å². The van der Waals surface area contributed by atoms with Gasteiger partial charge in [-0.1, -0.05) is 30.3 Å². The third kappa shape index (κ3) is 4.93. The van der Waals surface area contributed by atoms with Crippen LogP contribution in [0.2, 0.25) is 0 Å². The number of esters is 1. The fourth-order valence-electron chi connectivity index (χ4n) is 3.35. The van der Waals surface area contributed by atoms with Gasteiger partial charge in [-0.3, -0.25) is 0 Å². The quantitative estimate of drug-likeness (QED) is 0.435. The maximum absolute atomic E-state index is 12.8. The van der Waals surface area contributed by atoms with Crippen LogP contribution >= 0.6 is 0 Å². The first-order valence-corrected chi connectivity index (χ1v) is 9.75. The summed E-state index contributed by atoms with van der Waals surface area (Å²) in [4.78, 5) is 24.6. The summed E-state index contributed by atoms with van der Waals surface area (Å²) in [6, 6.07) is 15.6. The van der Waals surface area contributed by atoms with E-state index in [0.717, 1.165) is 18.4 Å². The van der Waals surface area contributed by atoms with Crippen molar-refractivity contribution in [1.29, 1.82) is 0 Å². The van der Waals surface area contributed by atoms with Gasteiger partial charge in [0.2, 0.25) is 0 Å². The monoisotopic (exact) mass is 400 g/mol. The van der Waals surface area contributed by atoms with Gasteiger partial charge in [-0.25, -0.2) is 4.79 Å². The minimum atomic E-state index is -1.39. The number of amides is 1. The average Bonchev–Trinajstić information content (AvgIpc) is 3.25. The molecule has 1 fully saturated rings. The van der Waals surface area contributed by atoms with E-state index in [1.54, 1.807) is 31.2 Å². The second-order valence-electron chi connectivity index (χ2n) is 6.92. The molecule has 1 aliphatic heterocycles. The molecule has 0 aliphatic carbocycles. The summed E-state index contributed by atoms with van der Waals surface area (Å²) in [7, 11) is 0. The predicted octanol–water partition coefficient (Wildman–Crippen LogP) is 3.47. The molecule has 1 atom stereocenters. The number of likely N-dealkylation sites (tertiary alicyclic amines) is 1. The fraction of sp³-hybridized carbons (Fsp3) is 0.364. The molecule has 154 valence electrons. The van der Waals surface area contributed by atoms with Crippen LogP contribution in [-0.2, 0) is 16.1 Å². The molecule has 0 spiro atoms. The third-order valence-corrected chi connectivity index (χ3v) is 4.96. The van der Waals surface area contributed by atoms with Crippen LogP contribution in [0.5, 0.6) is 5.75 Å². The molecule has 1 saturated heterocycles. The van der Waals surface area contributed by atoms with Crippen LogP contribution in [0.25, 0.3) is 0 Å². The van der Waals surface area contributed by atoms with Crippen LogP contribution in [0.4, 0.5) is 4.79 Å². The van der Waals surface area contributed by atoms with E-state index in [4.69, 9.17) is 14.2 Å². The highest BCUT2D eigenvalue weighted by molar-refractivity contribution is 5.89. The van der Waals surface area contributed by atoms with E-state index in [9.17, 15) is 14.7 Å². The molecule has 2 aromatic carbocycles. The summed E-state index contributed by atoms with van der Waals surface area (Å²) in [5.41, 5.74) is 1.27. The van der Waals surface area contributed by atoms with Crippen molar-refractivity contribution >= 4 is 12.1 Å². The van der Waals surface area contributed by atoms with Crippen LogP contribution in [-0.4, -0.2) is 47.8 Å². The van der Waals surface area contributed by atoms with Crippen molar-refractivity contribution in [3.8, 4) is 5.75 Å². The molecule has 0 bridgehead atoms. The van der Waals surface area contributed by atoms with Gasteiger partial charge in [-0.15, -0.1) is 0 Å². The average molecular weight is 400 g/mol. The Bertz CT molecular complexity index is 815. The second kappa shape index (κ2) is 9.54. The molecule has 1 N–H and O–H groups in total. The SMILES string of the molecule is CCOC(=O)c1ccc(OC(O)[N+]2(C(=O)OCc3ccccc3)CCCC2)cc1. The standard InChI is InChI=1S/C22H26NO6/c1-2-27-20(24)18-10-12-19(13-11-18)29-22(26)23(14-6-7-15-23)21(25)28-16-17-8-4-3-5-9-17/h3-5,8-13,22,26H,2,6-7,14-16H2,1H3/q+1. The van der Waals surface area contributed by atoms with E-state index in [2.05, 4.69) is 0 Å². The lowest BCUT2D eigenvalue weighted by atomic mass is 10.2. The summed E-state index contributed by atoms with van der Waals surface area (Å²) in [5.74, 6) is -0.0714. The molecule has 0 radical (unpaired) electrons. The van der Waals surface area contributed by atoms with Crippen molar-refractivity contribution in [2.24, 2.45) is 0 Å². The van der Waals surface area contributed by atoms with Crippen LogP contribution < -0.4 is 4.74 Å². The highest BCUT2D eigenvalue weighted by Gasteiger charge is 2.49. The molecule has 0 saturated carbocycles. The largest absolute Gasteiger partial charge is 0.521 e. The highest BCUT2D eigenvalue weighted by atomic mass is 16.6. The number of hydrogen-bond acceptors (Lipinski definition) is 6. The number of hydrogen-bond donors (Lipinski definition) is 1. The van der Waals surface area contributed by atoms with Gasteiger partial charge in [0.05, 0.1) is 25.3 Å². The summed E-state index contributed by atoms with van der Waals surface area (Å²) in [6.45, 7) is 3.05. The van der Waals surface area contributed by atoms with Gasteiger partial charge >= 0.3 is 18.5 Å². The molecule has 29 heavy (non-hydrogen) atoms. The summed E-state index contributed by atoms with van der Waals surface area (Å²) < 4.78 is 15.8. The van der Waals surface area contributed by atoms with Gasteiger partial charge < -0.3 is 19.3 Å². The van der Waals surface area contributed by atoms with Crippen LogP contribution in [0.1, 0.15) is 35.7 Å². The van der Waals surface area contributed by atoms with Gasteiger partial charge in [0.1, 0.15) is 12.4 Å². The predicted molar refractivity (Wildman–Crippen MR) is 105 cm³/mol. The Balaban J connectivity index is 1.66. The third-order valence-electron chi connectivity index (χ3n) is 4.96. The number of aliphatic hydroxyl groups excluding tert-OH is 1. The molecule has 3 rings (SSSR count). The highest BCUT2D eigenvalue weighted by Crippen LogP contribution is 2.27. The first kappa shape index (κ1) is 20.8. The van der Waals surface area contributed by atoms with Gasteiger partial charge in [0.15, 0.2) is 0 Å². The normalized spacial score (nSPS) is 16.1. The zero-order chi connectivity index (χ0) is 20.7.